The number of oxazole rings is 1. The van der Waals surface area contributed by atoms with Crippen LogP contribution in [0.25, 0.3) is 22.4 Å². The molecule has 1 aliphatic heterocycles. The van der Waals surface area contributed by atoms with E-state index in [1.54, 1.807) is 12.1 Å². The average molecular weight is 570 g/mol. The molecule has 2 aromatic heterocycles. The van der Waals surface area contributed by atoms with Crippen molar-refractivity contribution in [2.45, 2.75) is 51.3 Å². The fraction of sp³-hybridized carbons (Fsp3) is 0.379. The first kappa shape index (κ1) is 29.7. The molecule has 0 unspecified atom stereocenters. The van der Waals surface area contributed by atoms with Crippen molar-refractivity contribution >= 4 is 16.9 Å². The Morgan fingerprint density at radius 2 is 1.90 bits per heavy atom. The van der Waals surface area contributed by atoms with Gasteiger partial charge in [-0.1, -0.05) is 0 Å². The maximum absolute atomic E-state index is 13.8. The number of rotatable bonds is 7. The van der Waals surface area contributed by atoms with Gasteiger partial charge in [0.1, 0.15) is 23.4 Å². The fourth-order valence-corrected chi connectivity index (χ4v) is 4.54. The van der Waals surface area contributed by atoms with Gasteiger partial charge < -0.3 is 24.1 Å². The predicted octanol–water partition coefficient (Wildman–Crippen LogP) is 3.19. The number of aliphatic hydroxyl groups excluding tert-OH is 1. The van der Waals surface area contributed by atoms with Crippen molar-refractivity contribution < 1.29 is 33.3 Å². The molecule has 2 N–H and O–H groups in total. The minimum atomic E-state index is -1.82. The second-order valence-electron chi connectivity index (χ2n) is 10.1. The van der Waals surface area contributed by atoms with Crippen LogP contribution in [0.4, 0.5) is 4.39 Å². The molecule has 5 rings (SSSR count). The molecule has 218 valence electrons. The van der Waals surface area contributed by atoms with Crippen molar-refractivity contribution in [3.63, 3.8) is 0 Å². The number of hydrogen-bond acceptors (Lipinski definition) is 8. The first-order valence-electron chi connectivity index (χ1n) is 13.1. The number of carboxylic acids is 1. The quantitative estimate of drug-likeness (QED) is 0.343. The lowest BCUT2D eigenvalue weighted by atomic mass is 10.0. The average Bonchev–Trinajstić information content (AvgIpc) is 3.49. The van der Waals surface area contributed by atoms with Crippen LogP contribution in [-0.2, 0) is 28.0 Å². The molecule has 0 atom stereocenters. The highest BCUT2D eigenvalue weighted by Gasteiger charge is 2.34. The highest BCUT2D eigenvalue weighted by Crippen LogP contribution is 2.24. The number of ether oxygens (including phenoxy) is 2. The standard InChI is InChI=1S/C24H22FN3O6.C5H10O2/c1-24(2,22(30)31)28-21(29)17-13-15(20-26-9-11-34-20)4-6-18(17)27(23(28)32)10-8-14-12-16(25)5-7-19(14)33-3;6-5-1-3-7-4-2-5/h4-7,9,11-13H,8,10H2,1-3H3,(H,30,31);5-6H,1-4H2. The highest BCUT2D eigenvalue weighted by atomic mass is 19.1. The molecule has 0 bridgehead atoms. The molecule has 1 saturated heterocycles. The summed E-state index contributed by atoms with van der Waals surface area (Å²) in [4.78, 5) is 42.8. The highest BCUT2D eigenvalue weighted by molar-refractivity contribution is 5.83. The smallest absolute Gasteiger partial charge is 0.332 e. The van der Waals surface area contributed by atoms with Gasteiger partial charge in [0.25, 0.3) is 5.56 Å². The summed E-state index contributed by atoms with van der Waals surface area (Å²) < 4.78 is 31.4. The first-order chi connectivity index (χ1) is 19.5. The van der Waals surface area contributed by atoms with Crippen molar-refractivity contribution in [2.24, 2.45) is 0 Å². The maximum atomic E-state index is 13.8. The summed E-state index contributed by atoms with van der Waals surface area (Å²) in [5.41, 5.74) is -2.04. The molecule has 41 heavy (non-hydrogen) atoms. The van der Waals surface area contributed by atoms with Gasteiger partial charge in [0, 0.05) is 25.3 Å². The Balaban J connectivity index is 0.000000483. The van der Waals surface area contributed by atoms with Crippen LogP contribution in [0.1, 0.15) is 32.3 Å². The van der Waals surface area contributed by atoms with E-state index < -0.39 is 28.6 Å². The third kappa shape index (κ3) is 6.39. The number of halogens is 1. The number of aliphatic hydroxyl groups is 1. The lowest BCUT2D eigenvalue weighted by Gasteiger charge is -2.24. The second-order valence-corrected chi connectivity index (χ2v) is 10.1. The van der Waals surface area contributed by atoms with E-state index in [1.165, 1.54) is 62.2 Å². The van der Waals surface area contributed by atoms with Gasteiger partial charge in [-0.25, -0.2) is 23.5 Å². The zero-order chi connectivity index (χ0) is 29.7. The van der Waals surface area contributed by atoms with E-state index in [1.807, 2.05) is 0 Å². The number of nitrogens with zero attached hydrogens (tertiary/aromatic N) is 3. The van der Waals surface area contributed by atoms with E-state index in [0.29, 0.717) is 22.4 Å². The monoisotopic (exact) mass is 569 g/mol. The molecule has 0 aliphatic carbocycles. The predicted molar refractivity (Wildman–Crippen MR) is 148 cm³/mol. The zero-order valence-corrected chi connectivity index (χ0v) is 23.0. The molecule has 0 amide bonds. The molecule has 0 radical (unpaired) electrons. The van der Waals surface area contributed by atoms with E-state index in [2.05, 4.69) is 4.98 Å². The number of methoxy groups -OCH3 is 1. The van der Waals surface area contributed by atoms with Gasteiger partial charge in [-0.15, -0.1) is 0 Å². The lowest BCUT2D eigenvalue weighted by Crippen LogP contribution is -2.52. The molecule has 12 heteroatoms. The van der Waals surface area contributed by atoms with E-state index in [9.17, 15) is 23.9 Å². The number of carbonyl (C=O) groups is 1. The Hall–Kier alpha value is -4.29. The summed E-state index contributed by atoms with van der Waals surface area (Å²) in [6.45, 7) is 4.08. The van der Waals surface area contributed by atoms with Gasteiger partial charge in [0.2, 0.25) is 5.89 Å². The van der Waals surface area contributed by atoms with Crippen molar-refractivity contribution in [3.8, 4) is 17.2 Å². The molecule has 4 aromatic rings. The van der Waals surface area contributed by atoms with Gasteiger partial charge in [0.15, 0.2) is 0 Å². The van der Waals surface area contributed by atoms with E-state index >= 15 is 0 Å². The maximum Gasteiger partial charge on any atom is 0.332 e. The van der Waals surface area contributed by atoms with Crippen molar-refractivity contribution in [1.82, 2.24) is 14.1 Å². The number of aryl methyl sites for hydroxylation is 2. The number of hydrogen-bond donors (Lipinski definition) is 2. The molecule has 11 nitrogen and oxygen atoms in total. The molecule has 2 aromatic carbocycles. The fourth-order valence-electron chi connectivity index (χ4n) is 4.54. The van der Waals surface area contributed by atoms with Gasteiger partial charge in [-0.3, -0.25) is 9.36 Å². The number of aliphatic carboxylic acids is 1. The van der Waals surface area contributed by atoms with E-state index in [-0.39, 0.29) is 30.3 Å². The van der Waals surface area contributed by atoms with Gasteiger partial charge in [-0.05, 0) is 75.1 Å². The summed E-state index contributed by atoms with van der Waals surface area (Å²) >= 11 is 0. The Bertz CT molecular complexity index is 1640. The van der Waals surface area contributed by atoms with Crippen LogP contribution < -0.4 is 16.0 Å². The molecule has 0 saturated carbocycles. The Morgan fingerprint density at radius 1 is 1.17 bits per heavy atom. The van der Waals surface area contributed by atoms with Crippen molar-refractivity contribution in [3.05, 3.63) is 81.1 Å². The lowest BCUT2D eigenvalue weighted by molar-refractivity contribution is -0.146. The second kappa shape index (κ2) is 12.5. The Kier molecular flexibility index (Phi) is 9.04. The van der Waals surface area contributed by atoms with Crippen LogP contribution in [0.3, 0.4) is 0 Å². The first-order valence-corrected chi connectivity index (χ1v) is 13.1. The summed E-state index contributed by atoms with van der Waals surface area (Å²) in [5.74, 6) is -1.08. The molecule has 0 spiro atoms. The molecule has 1 aliphatic rings. The summed E-state index contributed by atoms with van der Waals surface area (Å²) in [7, 11) is 1.46. The topological polar surface area (TPSA) is 146 Å². The summed E-state index contributed by atoms with van der Waals surface area (Å²) in [6.07, 6.45) is 4.59. The number of aromatic nitrogens is 3. The molecular weight excluding hydrogens is 537 g/mol. The third-order valence-corrected chi connectivity index (χ3v) is 6.94. The van der Waals surface area contributed by atoms with E-state index in [0.717, 1.165) is 30.6 Å². The number of carboxylic acid groups (broad SMARTS) is 1. The van der Waals surface area contributed by atoms with E-state index in [4.69, 9.17) is 19.0 Å². The van der Waals surface area contributed by atoms with Crippen molar-refractivity contribution in [1.29, 1.82) is 0 Å². The zero-order valence-electron chi connectivity index (χ0n) is 23.0. The number of benzene rings is 2. The van der Waals surface area contributed by atoms with Crippen LogP contribution in [0.5, 0.6) is 5.75 Å². The van der Waals surface area contributed by atoms with Gasteiger partial charge in [0.05, 0.1) is 30.3 Å². The molecule has 1 fully saturated rings. The number of fused-ring (bicyclic) bond motifs is 1. The Morgan fingerprint density at radius 3 is 2.49 bits per heavy atom. The summed E-state index contributed by atoms with van der Waals surface area (Å²) in [6, 6.07) is 8.81. The van der Waals surface area contributed by atoms with Crippen LogP contribution in [0, 0.1) is 5.82 Å². The molecule has 3 heterocycles. The van der Waals surface area contributed by atoms with Crippen LogP contribution in [0.2, 0.25) is 0 Å². The van der Waals surface area contributed by atoms with Crippen molar-refractivity contribution in [2.75, 3.05) is 20.3 Å². The normalized spacial score (nSPS) is 14.0. The third-order valence-electron chi connectivity index (χ3n) is 6.94. The van der Waals surface area contributed by atoms with Gasteiger partial charge in [-0.2, -0.15) is 0 Å². The largest absolute Gasteiger partial charge is 0.496 e. The summed E-state index contributed by atoms with van der Waals surface area (Å²) in [5, 5.41) is 18.7. The Labute approximate surface area is 234 Å². The SMILES string of the molecule is COc1ccc(F)cc1CCn1c(=O)n(C(C)(C)C(=O)O)c(=O)c2cc(-c3ncco3)ccc21.OC1CCOCC1. The van der Waals surface area contributed by atoms with Crippen LogP contribution in [-0.4, -0.2) is 56.7 Å². The van der Waals surface area contributed by atoms with Crippen LogP contribution >= 0.6 is 0 Å². The minimum absolute atomic E-state index is 0.0451. The molecular formula is C29H32FN3O8. The van der Waals surface area contributed by atoms with Crippen LogP contribution in [0.15, 0.2) is 62.9 Å². The minimum Gasteiger partial charge on any atom is -0.496 e. The van der Waals surface area contributed by atoms with Gasteiger partial charge >= 0.3 is 11.7 Å².